The molecular formula is C12H15ClN4OS. The average Bonchev–Trinajstić information content (AvgIpc) is 2.80. The van der Waals surface area contributed by atoms with Crippen molar-refractivity contribution >= 4 is 28.1 Å². The highest BCUT2D eigenvalue weighted by atomic mass is 35.5. The Morgan fingerprint density at radius 1 is 1.47 bits per heavy atom. The van der Waals surface area contributed by atoms with Gasteiger partial charge in [0.25, 0.3) is 0 Å². The molecule has 0 radical (unpaired) electrons. The molecule has 1 unspecified atom stereocenters. The molecule has 2 aromatic rings. The number of benzene rings is 1. The van der Waals surface area contributed by atoms with Gasteiger partial charge in [-0.25, -0.2) is 9.67 Å². The lowest BCUT2D eigenvalue weighted by Crippen LogP contribution is -2.10. The molecule has 2 N–H and O–H groups in total. The predicted molar refractivity (Wildman–Crippen MR) is 76.4 cm³/mol. The van der Waals surface area contributed by atoms with E-state index in [1.165, 1.54) is 6.33 Å². The lowest BCUT2D eigenvalue weighted by Gasteiger charge is -2.10. The fourth-order valence-corrected chi connectivity index (χ4v) is 3.22. The Hall–Kier alpha value is -1.40. The molecule has 0 amide bonds. The lowest BCUT2D eigenvalue weighted by molar-refractivity contribution is 0.513. The predicted octanol–water partition coefficient (Wildman–Crippen LogP) is 2.40. The van der Waals surface area contributed by atoms with E-state index in [4.69, 9.17) is 17.3 Å². The molecule has 0 aliphatic rings. The quantitative estimate of drug-likeness (QED) is 0.880. The van der Waals surface area contributed by atoms with Crippen LogP contribution in [0.25, 0.3) is 0 Å². The normalized spacial score (nSPS) is 12.8. The largest absolute Gasteiger partial charge is 0.399 e. The minimum Gasteiger partial charge on any atom is -0.399 e. The topological polar surface area (TPSA) is 73.8 Å². The number of aromatic nitrogens is 3. The molecule has 1 aromatic carbocycles. The van der Waals surface area contributed by atoms with Gasteiger partial charge in [0.05, 0.1) is 26.5 Å². The van der Waals surface area contributed by atoms with Gasteiger partial charge in [-0.05, 0) is 32.0 Å². The smallest absolute Gasteiger partial charge is 0.140 e. The molecule has 1 aromatic heterocycles. The Balaban J connectivity index is 2.26. The van der Waals surface area contributed by atoms with Gasteiger partial charge in [-0.15, -0.1) is 0 Å². The zero-order chi connectivity index (χ0) is 14.0. The number of nitrogens with zero attached hydrogens (tertiary/aromatic N) is 3. The molecule has 5 nitrogen and oxygen atoms in total. The van der Waals surface area contributed by atoms with Crippen molar-refractivity contribution in [2.24, 2.45) is 0 Å². The molecule has 0 spiro atoms. The third-order valence-electron chi connectivity index (χ3n) is 2.60. The summed E-state index contributed by atoms with van der Waals surface area (Å²) in [6.45, 7) is 3.99. The molecule has 0 bridgehead atoms. The van der Waals surface area contributed by atoms with Gasteiger partial charge in [-0.3, -0.25) is 4.21 Å². The second-order valence-corrected chi connectivity index (χ2v) is 6.22. The molecule has 0 fully saturated rings. The standard InChI is InChI=1S/C12H15ClN4OS/c1-8(2)17-12(15-7-16-17)6-19(18)11-5-9(14)3-4-10(11)13/h3-5,7-8H,6,14H2,1-2H3. The van der Waals surface area contributed by atoms with Gasteiger partial charge in [0, 0.05) is 11.7 Å². The highest BCUT2D eigenvalue weighted by Gasteiger charge is 2.15. The van der Waals surface area contributed by atoms with E-state index in [0.29, 0.717) is 21.4 Å². The van der Waals surface area contributed by atoms with E-state index < -0.39 is 10.8 Å². The van der Waals surface area contributed by atoms with E-state index in [1.807, 2.05) is 13.8 Å². The van der Waals surface area contributed by atoms with Crippen molar-refractivity contribution in [2.45, 2.75) is 30.5 Å². The van der Waals surface area contributed by atoms with E-state index in [-0.39, 0.29) is 11.8 Å². The maximum atomic E-state index is 12.3. The first kappa shape index (κ1) is 14.0. The van der Waals surface area contributed by atoms with Gasteiger partial charge in [0.1, 0.15) is 12.2 Å². The van der Waals surface area contributed by atoms with Crippen molar-refractivity contribution in [1.29, 1.82) is 0 Å². The number of nitrogens with two attached hydrogens (primary N) is 1. The maximum Gasteiger partial charge on any atom is 0.140 e. The molecule has 7 heteroatoms. The van der Waals surface area contributed by atoms with Gasteiger partial charge in [0.2, 0.25) is 0 Å². The molecule has 1 atom stereocenters. The van der Waals surface area contributed by atoms with Crippen LogP contribution in [0, 0.1) is 0 Å². The molecule has 0 aliphatic heterocycles. The third kappa shape index (κ3) is 3.13. The van der Waals surface area contributed by atoms with Crippen LogP contribution in [-0.4, -0.2) is 19.0 Å². The van der Waals surface area contributed by atoms with E-state index in [2.05, 4.69) is 10.1 Å². The Bertz CT molecular complexity index is 612. The van der Waals surface area contributed by atoms with E-state index in [0.717, 1.165) is 0 Å². The molecule has 19 heavy (non-hydrogen) atoms. The summed E-state index contributed by atoms with van der Waals surface area (Å²) in [5, 5.41) is 4.56. The highest BCUT2D eigenvalue weighted by Crippen LogP contribution is 2.24. The minimum atomic E-state index is -1.30. The van der Waals surface area contributed by atoms with Crippen molar-refractivity contribution in [3.8, 4) is 0 Å². The summed E-state index contributed by atoms with van der Waals surface area (Å²) in [4.78, 5) is 4.67. The third-order valence-corrected chi connectivity index (χ3v) is 4.39. The van der Waals surface area contributed by atoms with Gasteiger partial charge < -0.3 is 5.73 Å². The summed E-state index contributed by atoms with van der Waals surface area (Å²) in [7, 11) is -1.30. The fraction of sp³-hybridized carbons (Fsp3) is 0.333. The first-order valence-electron chi connectivity index (χ1n) is 5.81. The van der Waals surface area contributed by atoms with Crippen molar-refractivity contribution < 1.29 is 4.21 Å². The van der Waals surface area contributed by atoms with E-state index in [1.54, 1.807) is 22.9 Å². The Morgan fingerprint density at radius 2 is 2.21 bits per heavy atom. The molecule has 0 saturated heterocycles. The van der Waals surface area contributed by atoms with Crippen LogP contribution in [-0.2, 0) is 16.6 Å². The van der Waals surface area contributed by atoms with Crippen LogP contribution in [0.15, 0.2) is 29.4 Å². The number of hydrogen-bond donors (Lipinski definition) is 1. The first-order valence-corrected chi connectivity index (χ1v) is 7.50. The summed E-state index contributed by atoms with van der Waals surface area (Å²) in [5.41, 5.74) is 6.23. The van der Waals surface area contributed by atoms with Crippen molar-refractivity contribution in [3.63, 3.8) is 0 Å². The second kappa shape index (κ2) is 5.71. The van der Waals surface area contributed by atoms with Crippen molar-refractivity contribution in [3.05, 3.63) is 35.4 Å². The molecule has 1 heterocycles. The van der Waals surface area contributed by atoms with Crippen LogP contribution in [0.4, 0.5) is 5.69 Å². The van der Waals surface area contributed by atoms with Gasteiger partial charge in [0.15, 0.2) is 0 Å². The number of rotatable bonds is 4. The summed E-state index contributed by atoms with van der Waals surface area (Å²) in [6.07, 6.45) is 1.47. The molecular weight excluding hydrogens is 284 g/mol. The monoisotopic (exact) mass is 298 g/mol. The molecule has 2 rings (SSSR count). The summed E-state index contributed by atoms with van der Waals surface area (Å²) >= 11 is 6.04. The number of nitrogen functional groups attached to an aromatic ring is 1. The van der Waals surface area contributed by atoms with Crippen LogP contribution < -0.4 is 5.73 Å². The Kier molecular flexibility index (Phi) is 4.21. The number of halogens is 1. The van der Waals surface area contributed by atoms with Crippen LogP contribution in [0.3, 0.4) is 0 Å². The first-order chi connectivity index (χ1) is 8.99. The average molecular weight is 299 g/mol. The van der Waals surface area contributed by atoms with Crippen LogP contribution in [0.1, 0.15) is 25.7 Å². The van der Waals surface area contributed by atoms with Crippen LogP contribution >= 0.6 is 11.6 Å². The minimum absolute atomic E-state index is 0.172. The zero-order valence-electron chi connectivity index (χ0n) is 10.7. The zero-order valence-corrected chi connectivity index (χ0v) is 12.3. The van der Waals surface area contributed by atoms with Crippen molar-refractivity contribution in [2.75, 3.05) is 5.73 Å². The Morgan fingerprint density at radius 3 is 2.89 bits per heavy atom. The van der Waals surface area contributed by atoms with E-state index >= 15 is 0 Å². The molecule has 0 aliphatic carbocycles. The lowest BCUT2D eigenvalue weighted by atomic mass is 10.3. The van der Waals surface area contributed by atoms with Crippen LogP contribution in [0.5, 0.6) is 0 Å². The Labute approximate surface area is 119 Å². The fourth-order valence-electron chi connectivity index (χ4n) is 1.70. The second-order valence-electron chi connectivity index (χ2n) is 4.39. The van der Waals surface area contributed by atoms with Gasteiger partial charge >= 0.3 is 0 Å². The SMILES string of the molecule is CC(C)n1ncnc1CS(=O)c1cc(N)ccc1Cl. The molecule has 0 saturated carbocycles. The summed E-state index contributed by atoms with van der Waals surface area (Å²) in [5.74, 6) is 0.938. The van der Waals surface area contributed by atoms with E-state index in [9.17, 15) is 4.21 Å². The van der Waals surface area contributed by atoms with Crippen molar-refractivity contribution in [1.82, 2.24) is 14.8 Å². The highest BCUT2D eigenvalue weighted by molar-refractivity contribution is 7.84. The molecule has 102 valence electrons. The number of anilines is 1. The van der Waals surface area contributed by atoms with Gasteiger partial charge in [-0.1, -0.05) is 11.6 Å². The number of hydrogen-bond acceptors (Lipinski definition) is 4. The summed E-state index contributed by atoms with van der Waals surface area (Å²) < 4.78 is 14.1. The summed E-state index contributed by atoms with van der Waals surface area (Å²) in [6, 6.07) is 5.14. The van der Waals surface area contributed by atoms with Gasteiger partial charge in [-0.2, -0.15) is 5.10 Å². The van der Waals surface area contributed by atoms with Crippen LogP contribution in [0.2, 0.25) is 5.02 Å². The maximum absolute atomic E-state index is 12.3.